The molecule has 2 aromatic rings. The van der Waals surface area contributed by atoms with Crippen LogP contribution in [0.1, 0.15) is 11.8 Å². The highest BCUT2D eigenvalue weighted by molar-refractivity contribution is 7.71. The van der Waals surface area contributed by atoms with Crippen molar-refractivity contribution in [1.29, 1.82) is 0 Å². The molecular weight excluding hydrogens is 468 g/mol. The van der Waals surface area contributed by atoms with Gasteiger partial charge in [0.1, 0.15) is 30.4 Å². The van der Waals surface area contributed by atoms with Crippen molar-refractivity contribution in [2.45, 2.75) is 30.9 Å². The summed E-state index contributed by atoms with van der Waals surface area (Å²) in [4.78, 5) is 13.2. The van der Waals surface area contributed by atoms with E-state index in [1.807, 2.05) is 4.98 Å². The molecule has 10 nitrogen and oxygen atoms in total. The molecule has 1 saturated heterocycles. The van der Waals surface area contributed by atoms with Gasteiger partial charge in [0.25, 0.3) is 11.4 Å². The van der Waals surface area contributed by atoms with Gasteiger partial charge >= 0.3 is 7.82 Å². The number of hydrogen-bond donors (Lipinski definition) is 3. The third kappa shape index (κ3) is 4.07. The van der Waals surface area contributed by atoms with Gasteiger partial charge in [0.2, 0.25) is 5.82 Å². The lowest BCUT2D eigenvalue weighted by Crippen LogP contribution is -2.43. The molecule has 2 aliphatic heterocycles. The third-order valence-corrected chi connectivity index (χ3v) is 6.23. The van der Waals surface area contributed by atoms with E-state index in [0.717, 1.165) is 12.1 Å². The molecule has 4 rings (SSSR count). The van der Waals surface area contributed by atoms with Crippen LogP contribution in [0.4, 0.5) is 13.2 Å². The fourth-order valence-corrected chi connectivity index (χ4v) is 4.50. The van der Waals surface area contributed by atoms with Crippen molar-refractivity contribution < 1.29 is 46.3 Å². The highest BCUT2D eigenvalue weighted by Gasteiger charge is 2.57. The molecule has 3 heterocycles. The fraction of sp³-hybridized carbons (Fsp3) is 0.375. The van der Waals surface area contributed by atoms with Crippen molar-refractivity contribution >= 4 is 20.0 Å². The molecule has 0 aliphatic carbocycles. The second-order valence-electron chi connectivity index (χ2n) is 6.71. The number of ether oxygens (including phenoxy) is 1. The first-order chi connectivity index (χ1) is 14.5. The minimum atomic E-state index is -4.39. The van der Waals surface area contributed by atoms with Gasteiger partial charge < -0.3 is 19.5 Å². The van der Waals surface area contributed by atoms with Crippen LogP contribution >= 0.6 is 20.0 Å². The van der Waals surface area contributed by atoms with E-state index in [4.69, 9.17) is 30.5 Å². The van der Waals surface area contributed by atoms with Gasteiger partial charge in [0, 0.05) is 5.56 Å². The number of rotatable bonds is 4. The molecule has 15 heteroatoms. The van der Waals surface area contributed by atoms with Gasteiger partial charge in [-0.25, -0.2) is 13.3 Å². The van der Waals surface area contributed by atoms with Crippen LogP contribution in [-0.4, -0.2) is 44.4 Å². The summed E-state index contributed by atoms with van der Waals surface area (Å²) in [5.74, 6) is -5.02. The number of nitrogens with zero attached hydrogens (tertiary/aromatic N) is 1. The van der Waals surface area contributed by atoms with Crippen LogP contribution in [0, 0.1) is 16.4 Å². The number of halogens is 3. The molecule has 31 heavy (non-hydrogen) atoms. The number of aliphatic hydroxyl groups is 2. The Bertz CT molecular complexity index is 1190. The largest absolute Gasteiger partial charge is 0.530 e. The summed E-state index contributed by atoms with van der Waals surface area (Å²) in [6.45, 7) is -1.58. The normalized spacial score (nSPS) is 32.5. The van der Waals surface area contributed by atoms with Gasteiger partial charge in [0.05, 0.1) is 12.8 Å². The quantitative estimate of drug-likeness (QED) is 0.441. The molecule has 0 saturated carbocycles. The van der Waals surface area contributed by atoms with Gasteiger partial charge in [-0.05, 0) is 30.4 Å². The molecular formula is C16H14F3N2O8PS. The Hall–Kier alpha value is -2.06. The number of phosphoric ester groups is 1. The molecule has 0 amide bonds. The van der Waals surface area contributed by atoms with E-state index in [1.54, 1.807) is 0 Å². The molecule has 1 aromatic heterocycles. The van der Waals surface area contributed by atoms with Crippen LogP contribution in [0.3, 0.4) is 0 Å². The zero-order chi connectivity index (χ0) is 22.6. The first-order valence-electron chi connectivity index (χ1n) is 8.62. The predicted octanol–water partition coefficient (Wildman–Crippen LogP) is 1.83. The molecule has 0 spiro atoms. The second-order valence-corrected chi connectivity index (χ2v) is 8.69. The van der Waals surface area contributed by atoms with E-state index in [9.17, 15) is 28.4 Å². The Morgan fingerprint density at radius 3 is 2.87 bits per heavy atom. The molecule has 2 aliphatic rings. The van der Waals surface area contributed by atoms with Crippen LogP contribution < -0.4 is 10.1 Å². The van der Waals surface area contributed by atoms with Gasteiger partial charge in [0.15, 0.2) is 11.0 Å². The molecule has 3 N–H and O–H groups in total. The number of hydrogen-bond acceptors (Lipinski definition) is 9. The van der Waals surface area contributed by atoms with E-state index in [2.05, 4.69) is 0 Å². The van der Waals surface area contributed by atoms with E-state index >= 15 is 4.39 Å². The predicted molar refractivity (Wildman–Crippen MR) is 97.2 cm³/mol. The zero-order valence-electron chi connectivity index (χ0n) is 15.2. The molecule has 1 aromatic carbocycles. The number of aromatic nitrogens is 2. The SMILES string of the molecule is O=c1[nH]c(=S)n([C@@H]2O[C@](F)(COP3(=O)OCc4cc(F)ccc4O3)[C@@H](O)[C@H]2O)cc1F. The van der Waals surface area contributed by atoms with Crippen molar-refractivity contribution in [2.24, 2.45) is 0 Å². The number of aromatic amines is 1. The summed E-state index contributed by atoms with van der Waals surface area (Å²) >= 11 is 4.84. The molecule has 1 unspecified atom stereocenters. The van der Waals surface area contributed by atoms with Crippen LogP contribution in [-0.2, 0) is 25.0 Å². The maximum atomic E-state index is 15.2. The van der Waals surface area contributed by atoms with E-state index in [0.29, 0.717) is 10.8 Å². The fourth-order valence-electron chi connectivity index (χ4n) is 3.02. The van der Waals surface area contributed by atoms with Gasteiger partial charge in [-0.3, -0.25) is 23.4 Å². The maximum Gasteiger partial charge on any atom is 0.530 e. The summed E-state index contributed by atoms with van der Waals surface area (Å²) in [6, 6.07) is 3.32. The number of fused-ring (bicyclic) bond motifs is 1. The Morgan fingerprint density at radius 1 is 1.39 bits per heavy atom. The summed E-state index contributed by atoms with van der Waals surface area (Å²) in [5.41, 5.74) is -0.902. The number of benzene rings is 1. The second kappa shape index (κ2) is 7.81. The Kier molecular flexibility index (Phi) is 5.58. The smallest absolute Gasteiger partial charge is 0.404 e. The highest BCUT2D eigenvalue weighted by Crippen LogP contribution is 2.55. The van der Waals surface area contributed by atoms with E-state index < -0.39 is 60.7 Å². The van der Waals surface area contributed by atoms with Gasteiger partial charge in [-0.1, -0.05) is 0 Å². The molecule has 168 valence electrons. The Balaban J connectivity index is 1.52. The molecule has 0 radical (unpaired) electrons. The summed E-state index contributed by atoms with van der Waals surface area (Å²) in [6.07, 6.45) is -5.39. The number of H-pyrrole nitrogens is 1. The van der Waals surface area contributed by atoms with Crippen molar-refractivity contribution in [3.63, 3.8) is 0 Å². The summed E-state index contributed by atoms with van der Waals surface area (Å²) in [5, 5.41) is 20.3. The average molecular weight is 482 g/mol. The number of nitrogens with one attached hydrogen (secondary N) is 1. The molecule has 0 bridgehead atoms. The lowest BCUT2D eigenvalue weighted by molar-refractivity contribution is -0.205. The Labute approximate surface area is 176 Å². The average Bonchev–Trinajstić information content (AvgIpc) is 2.94. The topological polar surface area (TPSA) is 132 Å². The molecule has 1 fully saturated rings. The number of phosphoric acid groups is 1. The van der Waals surface area contributed by atoms with Crippen molar-refractivity contribution in [3.8, 4) is 5.75 Å². The lowest BCUT2D eigenvalue weighted by Gasteiger charge is -2.28. The number of aliphatic hydroxyl groups excluding tert-OH is 2. The first kappa shape index (κ1) is 22.1. The van der Waals surface area contributed by atoms with Gasteiger partial charge in [-0.15, -0.1) is 0 Å². The van der Waals surface area contributed by atoms with Crippen molar-refractivity contribution in [3.05, 3.63) is 56.7 Å². The summed E-state index contributed by atoms with van der Waals surface area (Å²) in [7, 11) is -4.39. The minimum Gasteiger partial charge on any atom is -0.404 e. The Morgan fingerprint density at radius 2 is 2.13 bits per heavy atom. The lowest BCUT2D eigenvalue weighted by atomic mass is 10.1. The number of alkyl halides is 1. The van der Waals surface area contributed by atoms with Crippen molar-refractivity contribution in [2.75, 3.05) is 6.61 Å². The highest BCUT2D eigenvalue weighted by atomic mass is 32.1. The zero-order valence-corrected chi connectivity index (χ0v) is 16.9. The van der Waals surface area contributed by atoms with Gasteiger partial charge in [-0.2, -0.15) is 4.39 Å². The van der Waals surface area contributed by atoms with Crippen LogP contribution in [0.15, 0.2) is 29.2 Å². The maximum absolute atomic E-state index is 15.2. The first-order valence-corrected chi connectivity index (χ1v) is 10.5. The summed E-state index contributed by atoms with van der Waals surface area (Å²) < 4.78 is 74.9. The van der Waals surface area contributed by atoms with E-state index in [-0.39, 0.29) is 17.9 Å². The monoisotopic (exact) mass is 482 g/mol. The van der Waals surface area contributed by atoms with Crippen LogP contribution in [0.25, 0.3) is 0 Å². The minimum absolute atomic E-state index is 0.00953. The van der Waals surface area contributed by atoms with Crippen LogP contribution in [0.2, 0.25) is 0 Å². The van der Waals surface area contributed by atoms with Crippen LogP contribution in [0.5, 0.6) is 5.75 Å². The van der Waals surface area contributed by atoms with E-state index in [1.165, 1.54) is 6.07 Å². The third-order valence-electron chi connectivity index (χ3n) is 4.60. The molecule has 5 atom stereocenters. The van der Waals surface area contributed by atoms with Crippen molar-refractivity contribution in [1.82, 2.24) is 9.55 Å². The standard InChI is InChI=1S/C16H14F3N2O8PS/c17-8-1-2-10-7(3-8)5-26-30(25,29-10)27-6-16(19)12(23)11(22)14(28-16)21-4-9(18)13(24)20-15(21)31/h1-4,11-12,14,22-23H,5-6H2,(H,20,24,31)/t11-,12+,14-,16-,30?/m1/s1.